The Labute approximate surface area is 88.4 Å². The molecule has 0 aliphatic carbocycles. The number of H-pyrrole nitrogens is 1. The van der Waals surface area contributed by atoms with Crippen molar-refractivity contribution in [3.8, 4) is 11.1 Å². The fourth-order valence-corrected chi connectivity index (χ4v) is 1.81. The van der Waals surface area contributed by atoms with E-state index in [2.05, 4.69) is 41.4 Å². The molecule has 0 atom stereocenters. The van der Waals surface area contributed by atoms with Crippen molar-refractivity contribution in [1.29, 1.82) is 0 Å². The van der Waals surface area contributed by atoms with Crippen molar-refractivity contribution >= 4 is 10.9 Å². The zero-order valence-electron chi connectivity index (χ0n) is 8.20. The van der Waals surface area contributed by atoms with Crippen molar-refractivity contribution in [1.82, 2.24) is 4.98 Å². The maximum Gasteiger partial charge on any atom is 0.0454 e. The van der Waals surface area contributed by atoms with Crippen LogP contribution in [0, 0.1) is 6.07 Å². The molecule has 3 rings (SSSR count). The summed E-state index contributed by atoms with van der Waals surface area (Å²) in [4.78, 5) is 3.19. The number of hydrogen-bond acceptors (Lipinski definition) is 0. The van der Waals surface area contributed by atoms with Crippen LogP contribution in [0.1, 0.15) is 0 Å². The molecule has 1 heteroatoms. The van der Waals surface area contributed by atoms with Crippen LogP contribution in [0.25, 0.3) is 22.0 Å². The van der Waals surface area contributed by atoms with Crippen molar-refractivity contribution in [2.45, 2.75) is 0 Å². The summed E-state index contributed by atoms with van der Waals surface area (Å²) < 4.78 is 0. The van der Waals surface area contributed by atoms with Crippen molar-refractivity contribution in [2.24, 2.45) is 0 Å². The summed E-state index contributed by atoms with van der Waals surface area (Å²) in [7, 11) is 0. The van der Waals surface area contributed by atoms with Crippen LogP contribution >= 0.6 is 0 Å². The zero-order chi connectivity index (χ0) is 10.1. The lowest BCUT2D eigenvalue weighted by Gasteiger charge is -2.00. The number of nitrogens with one attached hydrogen (secondary N) is 1. The summed E-state index contributed by atoms with van der Waals surface area (Å²) in [6.45, 7) is 0. The van der Waals surface area contributed by atoms with Gasteiger partial charge in [0.1, 0.15) is 0 Å². The molecule has 71 valence electrons. The topological polar surface area (TPSA) is 15.8 Å². The Morgan fingerprint density at radius 1 is 1.00 bits per heavy atom. The Hall–Kier alpha value is -2.02. The minimum absolute atomic E-state index is 1.18. The van der Waals surface area contributed by atoms with Gasteiger partial charge in [-0.15, -0.1) is 0 Å². The largest absolute Gasteiger partial charge is 0.361 e. The summed E-state index contributed by atoms with van der Waals surface area (Å²) in [5.41, 5.74) is 3.62. The molecule has 1 radical (unpaired) electrons. The highest BCUT2D eigenvalue weighted by Gasteiger charge is 1.98. The SMILES string of the molecule is [c]1cccc(-c2ccc3[nH]ccc3c2)c1. The second kappa shape index (κ2) is 3.28. The average molecular weight is 192 g/mol. The first-order valence-electron chi connectivity index (χ1n) is 4.97. The Bertz CT molecular complexity index is 578. The second-order valence-corrected chi connectivity index (χ2v) is 3.57. The molecule has 1 nitrogen and oxygen atoms in total. The first-order valence-corrected chi connectivity index (χ1v) is 4.97. The fraction of sp³-hybridized carbons (Fsp3) is 0. The molecule has 1 N–H and O–H groups in total. The normalized spacial score (nSPS) is 10.7. The zero-order valence-corrected chi connectivity index (χ0v) is 8.20. The van der Waals surface area contributed by atoms with Crippen LogP contribution in [0.3, 0.4) is 0 Å². The van der Waals surface area contributed by atoms with E-state index >= 15 is 0 Å². The lowest BCUT2D eigenvalue weighted by Crippen LogP contribution is -1.76. The van der Waals surface area contributed by atoms with E-state index in [4.69, 9.17) is 0 Å². The van der Waals surface area contributed by atoms with Crippen LogP contribution in [0.2, 0.25) is 0 Å². The van der Waals surface area contributed by atoms with Gasteiger partial charge >= 0.3 is 0 Å². The fourth-order valence-electron chi connectivity index (χ4n) is 1.81. The minimum Gasteiger partial charge on any atom is -0.361 e. The van der Waals surface area contributed by atoms with Crippen molar-refractivity contribution in [2.75, 3.05) is 0 Å². The third kappa shape index (κ3) is 1.42. The third-order valence-electron chi connectivity index (χ3n) is 2.59. The Morgan fingerprint density at radius 3 is 2.87 bits per heavy atom. The highest BCUT2D eigenvalue weighted by Crippen LogP contribution is 2.23. The van der Waals surface area contributed by atoms with Crippen LogP contribution < -0.4 is 0 Å². The second-order valence-electron chi connectivity index (χ2n) is 3.57. The van der Waals surface area contributed by atoms with Crippen LogP contribution in [0.15, 0.2) is 54.7 Å². The first-order chi connectivity index (χ1) is 7.43. The standard InChI is InChI=1S/C14H10N/c1-2-4-11(5-3-1)12-6-7-14-13(10-12)8-9-15-14/h1-2,4-10,15H. The van der Waals surface area contributed by atoms with Gasteiger partial charge in [-0.05, 0) is 46.8 Å². The van der Waals surface area contributed by atoms with E-state index in [9.17, 15) is 0 Å². The van der Waals surface area contributed by atoms with Crippen molar-refractivity contribution < 1.29 is 0 Å². The molecule has 0 unspecified atom stereocenters. The molecule has 0 amide bonds. The predicted molar refractivity (Wildman–Crippen MR) is 62.6 cm³/mol. The lowest BCUT2D eigenvalue weighted by molar-refractivity contribution is 1.48. The van der Waals surface area contributed by atoms with Gasteiger partial charge < -0.3 is 4.98 Å². The molecular weight excluding hydrogens is 182 g/mol. The van der Waals surface area contributed by atoms with E-state index < -0.39 is 0 Å². The minimum atomic E-state index is 1.18. The molecule has 0 fully saturated rings. The molecule has 0 spiro atoms. The van der Waals surface area contributed by atoms with Gasteiger partial charge in [0, 0.05) is 11.7 Å². The van der Waals surface area contributed by atoms with Gasteiger partial charge in [-0.1, -0.05) is 24.3 Å². The van der Waals surface area contributed by atoms with Gasteiger partial charge in [0.05, 0.1) is 0 Å². The Morgan fingerprint density at radius 2 is 2.00 bits per heavy atom. The van der Waals surface area contributed by atoms with E-state index in [1.54, 1.807) is 0 Å². The summed E-state index contributed by atoms with van der Waals surface area (Å²) in [5.74, 6) is 0. The third-order valence-corrected chi connectivity index (χ3v) is 2.59. The van der Waals surface area contributed by atoms with E-state index in [-0.39, 0.29) is 0 Å². The number of fused-ring (bicyclic) bond motifs is 1. The molecule has 15 heavy (non-hydrogen) atoms. The predicted octanol–water partition coefficient (Wildman–Crippen LogP) is 3.64. The van der Waals surface area contributed by atoms with Gasteiger partial charge in [-0.25, -0.2) is 0 Å². The molecule has 3 aromatic rings. The Balaban J connectivity index is 2.19. The van der Waals surface area contributed by atoms with Gasteiger partial charge in [0.15, 0.2) is 0 Å². The number of hydrogen-bond donors (Lipinski definition) is 1. The van der Waals surface area contributed by atoms with Gasteiger partial charge in [0.2, 0.25) is 0 Å². The number of rotatable bonds is 1. The van der Waals surface area contributed by atoms with Crippen LogP contribution in [-0.2, 0) is 0 Å². The number of aromatic amines is 1. The maximum absolute atomic E-state index is 3.19. The molecule has 0 saturated carbocycles. The Kier molecular flexibility index (Phi) is 1.82. The van der Waals surface area contributed by atoms with Crippen molar-refractivity contribution in [3.63, 3.8) is 0 Å². The maximum atomic E-state index is 3.19. The molecule has 2 aromatic carbocycles. The summed E-state index contributed by atoms with van der Waals surface area (Å²) in [6, 6.07) is 19.6. The molecule has 0 aliphatic rings. The smallest absolute Gasteiger partial charge is 0.0454 e. The monoisotopic (exact) mass is 192 g/mol. The van der Waals surface area contributed by atoms with Gasteiger partial charge in [-0.3, -0.25) is 0 Å². The van der Waals surface area contributed by atoms with E-state index in [0.29, 0.717) is 0 Å². The van der Waals surface area contributed by atoms with E-state index in [0.717, 1.165) is 0 Å². The van der Waals surface area contributed by atoms with Crippen LogP contribution in [0.5, 0.6) is 0 Å². The quantitative estimate of drug-likeness (QED) is 0.606. The summed E-state index contributed by atoms with van der Waals surface area (Å²) >= 11 is 0. The molecule has 1 aromatic heterocycles. The van der Waals surface area contributed by atoms with Crippen molar-refractivity contribution in [3.05, 3.63) is 60.8 Å². The molecule has 0 saturated heterocycles. The van der Waals surface area contributed by atoms with Gasteiger partial charge in [-0.2, -0.15) is 0 Å². The molecule has 0 aliphatic heterocycles. The highest BCUT2D eigenvalue weighted by molar-refractivity contribution is 5.84. The van der Waals surface area contributed by atoms with Gasteiger partial charge in [0.25, 0.3) is 0 Å². The molecule has 0 bridgehead atoms. The van der Waals surface area contributed by atoms with E-state index in [1.807, 2.05) is 24.4 Å². The lowest BCUT2D eigenvalue weighted by atomic mass is 10.0. The first kappa shape index (κ1) is 8.30. The number of aromatic nitrogens is 1. The molecule has 1 heterocycles. The number of benzene rings is 2. The summed E-state index contributed by atoms with van der Waals surface area (Å²) in [5, 5.41) is 1.25. The summed E-state index contributed by atoms with van der Waals surface area (Å²) in [6.07, 6.45) is 1.96. The van der Waals surface area contributed by atoms with Crippen LogP contribution in [0.4, 0.5) is 0 Å². The highest BCUT2D eigenvalue weighted by atomic mass is 14.7. The molecular formula is C14H10N. The average Bonchev–Trinajstić information content (AvgIpc) is 2.77. The van der Waals surface area contributed by atoms with Crippen LogP contribution in [-0.4, -0.2) is 4.98 Å². The van der Waals surface area contributed by atoms with E-state index in [1.165, 1.54) is 22.0 Å².